The Morgan fingerprint density at radius 3 is 2.84 bits per heavy atom. The summed E-state index contributed by atoms with van der Waals surface area (Å²) in [5.41, 5.74) is 1.16. The third-order valence-electron chi connectivity index (χ3n) is 4.13. The summed E-state index contributed by atoms with van der Waals surface area (Å²) in [6, 6.07) is 6.47. The molecule has 19 heavy (non-hydrogen) atoms. The molecule has 3 nitrogen and oxygen atoms in total. The van der Waals surface area contributed by atoms with Gasteiger partial charge in [-0.05, 0) is 43.4 Å². The smallest absolute Gasteiger partial charge is 0.160 e. The first kappa shape index (κ1) is 14.2. The van der Waals surface area contributed by atoms with E-state index in [-0.39, 0.29) is 11.8 Å². The van der Waals surface area contributed by atoms with Gasteiger partial charge in [0.25, 0.3) is 0 Å². The Morgan fingerprint density at radius 2 is 2.16 bits per heavy atom. The Balaban J connectivity index is 2.01. The highest BCUT2D eigenvalue weighted by Crippen LogP contribution is 2.30. The lowest BCUT2D eigenvalue weighted by atomic mass is 9.86. The monoisotopic (exact) mass is 263 g/mol. The molecule has 0 amide bonds. The molecule has 0 radical (unpaired) electrons. The van der Waals surface area contributed by atoms with Crippen molar-refractivity contribution < 1.29 is 9.84 Å². The molecule has 0 aromatic heterocycles. The van der Waals surface area contributed by atoms with Crippen molar-refractivity contribution in [2.45, 2.75) is 51.6 Å². The second kappa shape index (κ2) is 6.29. The molecule has 1 aromatic rings. The second-order valence-electron chi connectivity index (χ2n) is 5.79. The van der Waals surface area contributed by atoms with Crippen LogP contribution in [0.15, 0.2) is 18.2 Å². The number of phenols is 1. The van der Waals surface area contributed by atoms with Gasteiger partial charge in [-0.1, -0.05) is 25.8 Å². The van der Waals surface area contributed by atoms with Crippen LogP contribution in [-0.4, -0.2) is 18.3 Å². The van der Waals surface area contributed by atoms with Gasteiger partial charge in [0.2, 0.25) is 0 Å². The van der Waals surface area contributed by atoms with Gasteiger partial charge in [-0.2, -0.15) is 0 Å². The van der Waals surface area contributed by atoms with Crippen LogP contribution in [0, 0.1) is 5.92 Å². The van der Waals surface area contributed by atoms with E-state index in [1.54, 1.807) is 13.2 Å². The summed E-state index contributed by atoms with van der Waals surface area (Å²) in [5, 5.41) is 13.3. The highest BCUT2D eigenvalue weighted by Gasteiger charge is 2.20. The van der Waals surface area contributed by atoms with Crippen LogP contribution >= 0.6 is 0 Å². The molecule has 1 saturated carbocycles. The van der Waals surface area contributed by atoms with Gasteiger partial charge in [0.05, 0.1) is 7.11 Å². The predicted octanol–water partition coefficient (Wildman–Crippen LogP) is 3.63. The Morgan fingerprint density at radius 1 is 1.37 bits per heavy atom. The third-order valence-corrected chi connectivity index (χ3v) is 4.13. The molecule has 3 atom stereocenters. The molecule has 1 aromatic carbocycles. The number of phenolic OH excluding ortho intramolecular Hbond substituents is 1. The van der Waals surface area contributed by atoms with E-state index in [0.29, 0.717) is 11.8 Å². The number of aromatic hydroxyl groups is 1. The third kappa shape index (κ3) is 3.63. The molecule has 0 spiro atoms. The molecule has 1 fully saturated rings. The summed E-state index contributed by atoms with van der Waals surface area (Å²) in [7, 11) is 1.58. The van der Waals surface area contributed by atoms with Crippen LogP contribution in [0.25, 0.3) is 0 Å². The van der Waals surface area contributed by atoms with Gasteiger partial charge in [0.15, 0.2) is 11.5 Å². The van der Waals surface area contributed by atoms with Crippen molar-refractivity contribution in [3.8, 4) is 11.5 Å². The minimum Gasteiger partial charge on any atom is -0.504 e. The minimum atomic E-state index is 0.199. The summed E-state index contributed by atoms with van der Waals surface area (Å²) in [6.45, 7) is 4.51. The van der Waals surface area contributed by atoms with Crippen molar-refractivity contribution in [2.75, 3.05) is 7.11 Å². The fourth-order valence-corrected chi connectivity index (χ4v) is 3.00. The van der Waals surface area contributed by atoms with E-state index >= 15 is 0 Å². The van der Waals surface area contributed by atoms with E-state index in [4.69, 9.17) is 4.74 Å². The van der Waals surface area contributed by atoms with Gasteiger partial charge in [-0.15, -0.1) is 0 Å². The lowest BCUT2D eigenvalue weighted by molar-refractivity contribution is 0.285. The van der Waals surface area contributed by atoms with E-state index in [1.165, 1.54) is 25.7 Å². The van der Waals surface area contributed by atoms with Crippen molar-refractivity contribution in [3.63, 3.8) is 0 Å². The predicted molar refractivity (Wildman–Crippen MR) is 77.6 cm³/mol. The maximum atomic E-state index is 9.63. The summed E-state index contributed by atoms with van der Waals surface area (Å²) < 4.78 is 5.17. The number of nitrogens with one attached hydrogen (secondary N) is 1. The van der Waals surface area contributed by atoms with Gasteiger partial charge < -0.3 is 15.2 Å². The molecule has 0 heterocycles. The van der Waals surface area contributed by atoms with E-state index in [9.17, 15) is 5.11 Å². The maximum absolute atomic E-state index is 9.63. The molecular weight excluding hydrogens is 238 g/mol. The molecule has 0 bridgehead atoms. The molecule has 2 rings (SSSR count). The molecule has 0 aliphatic heterocycles. The SMILES string of the molecule is COc1cc(C(C)NC2CCCC(C)C2)ccc1O. The molecule has 2 N–H and O–H groups in total. The largest absolute Gasteiger partial charge is 0.504 e. The zero-order chi connectivity index (χ0) is 13.8. The normalized spacial score (nSPS) is 25.0. The first-order chi connectivity index (χ1) is 9.10. The van der Waals surface area contributed by atoms with Crippen LogP contribution in [0.2, 0.25) is 0 Å². The number of benzene rings is 1. The molecule has 3 heteroatoms. The zero-order valence-corrected chi connectivity index (χ0v) is 12.1. The molecule has 106 valence electrons. The first-order valence-electron chi connectivity index (χ1n) is 7.23. The maximum Gasteiger partial charge on any atom is 0.160 e. The zero-order valence-electron chi connectivity index (χ0n) is 12.1. The average molecular weight is 263 g/mol. The summed E-state index contributed by atoms with van der Waals surface area (Å²) in [4.78, 5) is 0. The lowest BCUT2D eigenvalue weighted by Gasteiger charge is -2.30. The van der Waals surface area contributed by atoms with Crippen molar-refractivity contribution in [1.82, 2.24) is 5.32 Å². The summed E-state index contributed by atoms with van der Waals surface area (Å²) in [5.74, 6) is 1.57. The van der Waals surface area contributed by atoms with Crippen LogP contribution in [0.4, 0.5) is 0 Å². The quantitative estimate of drug-likeness (QED) is 0.871. The van der Waals surface area contributed by atoms with Gasteiger partial charge in [-0.25, -0.2) is 0 Å². The highest BCUT2D eigenvalue weighted by molar-refractivity contribution is 5.42. The van der Waals surface area contributed by atoms with Crippen LogP contribution in [0.5, 0.6) is 11.5 Å². The Bertz CT molecular complexity index is 419. The Kier molecular flexibility index (Phi) is 4.70. The van der Waals surface area contributed by atoms with Crippen molar-refractivity contribution in [1.29, 1.82) is 0 Å². The minimum absolute atomic E-state index is 0.199. The van der Waals surface area contributed by atoms with Gasteiger partial charge in [-0.3, -0.25) is 0 Å². The average Bonchev–Trinajstić information content (AvgIpc) is 2.39. The number of rotatable bonds is 4. The van der Waals surface area contributed by atoms with E-state index in [2.05, 4.69) is 19.2 Å². The number of hydrogen-bond donors (Lipinski definition) is 2. The Labute approximate surface area is 116 Å². The molecule has 3 unspecified atom stereocenters. The van der Waals surface area contributed by atoms with E-state index in [0.717, 1.165) is 11.5 Å². The topological polar surface area (TPSA) is 41.5 Å². The van der Waals surface area contributed by atoms with Gasteiger partial charge in [0, 0.05) is 12.1 Å². The highest BCUT2D eigenvalue weighted by atomic mass is 16.5. The van der Waals surface area contributed by atoms with Crippen LogP contribution in [0.1, 0.15) is 51.1 Å². The van der Waals surface area contributed by atoms with Gasteiger partial charge >= 0.3 is 0 Å². The number of ether oxygens (including phenoxy) is 1. The fourth-order valence-electron chi connectivity index (χ4n) is 3.00. The lowest BCUT2D eigenvalue weighted by Crippen LogP contribution is -2.35. The number of methoxy groups -OCH3 is 1. The van der Waals surface area contributed by atoms with Crippen molar-refractivity contribution in [2.24, 2.45) is 5.92 Å². The first-order valence-corrected chi connectivity index (χ1v) is 7.23. The van der Waals surface area contributed by atoms with Crippen LogP contribution < -0.4 is 10.1 Å². The molecule has 1 aliphatic rings. The Hall–Kier alpha value is -1.22. The standard InChI is InChI=1S/C16H25NO2/c1-11-5-4-6-14(9-11)17-12(2)13-7-8-15(18)16(10-13)19-3/h7-8,10-12,14,17-18H,4-6,9H2,1-3H3. The van der Waals surface area contributed by atoms with E-state index < -0.39 is 0 Å². The second-order valence-corrected chi connectivity index (χ2v) is 5.79. The summed E-state index contributed by atoms with van der Waals surface area (Å²) >= 11 is 0. The number of hydrogen-bond acceptors (Lipinski definition) is 3. The fraction of sp³-hybridized carbons (Fsp3) is 0.625. The summed E-state index contributed by atoms with van der Waals surface area (Å²) in [6.07, 6.45) is 5.22. The van der Waals surface area contributed by atoms with Gasteiger partial charge in [0.1, 0.15) is 0 Å². The van der Waals surface area contributed by atoms with Crippen LogP contribution in [0.3, 0.4) is 0 Å². The van der Waals surface area contributed by atoms with Crippen molar-refractivity contribution in [3.05, 3.63) is 23.8 Å². The molecule has 1 aliphatic carbocycles. The van der Waals surface area contributed by atoms with Crippen molar-refractivity contribution >= 4 is 0 Å². The molecular formula is C16H25NO2. The molecule has 0 saturated heterocycles. The van der Waals surface area contributed by atoms with Crippen LogP contribution in [-0.2, 0) is 0 Å². The van der Waals surface area contributed by atoms with E-state index in [1.807, 2.05) is 12.1 Å².